The normalized spacial score (nSPS) is 22.2. The maximum absolute atomic E-state index is 9.78. The minimum Gasteiger partial charge on any atom is -0.393 e. The molecule has 0 aliphatic heterocycles. The number of pyridine rings is 1. The Bertz CT molecular complexity index is 543. The van der Waals surface area contributed by atoms with Gasteiger partial charge in [0.25, 0.3) is 0 Å². The Morgan fingerprint density at radius 3 is 3.05 bits per heavy atom. The smallest absolute Gasteiger partial charge is 0.125 e. The van der Waals surface area contributed by atoms with Crippen LogP contribution < -0.4 is 5.32 Å². The summed E-state index contributed by atoms with van der Waals surface area (Å²) in [5.41, 5.74) is 1.06. The molecule has 2 aromatic heterocycles. The number of aliphatic hydroxyl groups excluding tert-OH is 1. The van der Waals surface area contributed by atoms with E-state index in [1.165, 1.54) is 4.88 Å². The molecule has 1 fully saturated rings. The van der Waals surface area contributed by atoms with Crippen LogP contribution in [0.25, 0.3) is 10.6 Å². The van der Waals surface area contributed by atoms with Gasteiger partial charge < -0.3 is 10.4 Å². The Morgan fingerprint density at radius 1 is 1.35 bits per heavy atom. The zero-order valence-corrected chi connectivity index (χ0v) is 12.1. The Balaban J connectivity index is 1.53. The van der Waals surface area contributed by atoms with Crippen molar-refractivity contribution in [3.8, 4) is 10.6 Å². The average Bonchev–Trinajstić information content (AvgIpc) is 3.10. The third-order valence-electron chi connectivity index (χ3n) is 3.79. The Morgan fingerprint density at radius 2 is 2.30 bits per heavy atom. The highest BCUT2D eigenvalue weighted by atomic mass is 32.1. The summed E-state index contributed by atoms with van der Waals surface area (Å²) in [4.78, 5) is 9.78. The lowest BCUT2D eigenvalue weighted by atomic mass is 10.1. The molecule has 0 aromatic carbocycles. The van der Waals surface area contributed by atoms with E-state index in [0.717, 1.165) is 42.9 Å². The van der Waals surface area contributed by atoms with E-state index in [1.54, 1.807) is 17.5 Å². The van der Waals surface area contributed by atoms with Gasteiger partial charge in [-0.15, -0.1) is 11.3 Å². The summed E-state index contributed by atoms with van der Waals surface area (Å²) in [7, 11) is 0. The second kappa shape index (κ2) is 6.43. The highest BCUT2D eigenvalue weighted by Gasteiger charge is 2.24. The van der Waals surface area contributed by atoms with Crippen LogP contribution in [-0.4, -0.2) is 27.7 Å². The van der Waals surface area contributed by atoms with Crippen LogP contribution in [0.5, 0.6) is 0 Å². The second-order valence-electron chi connectivity index (χ2n) is 5.26. The number of hydrogen-bond acceptors (Lipinski definition) is 5. The lowest BCUT2D eigenvalue weighted by molar-refractivity contribution is 0.131. The molecule has 2 N–H and O–H groups in total. The molecular weight excluding hydrogens is 270 g/mol. The highest BCUT2D eigenvalue weighted by Crippen LogP contribution is 2.26. The van der Waals surface area contributed by atoms with Crippen LogP contribution >= 0.6 is 11.3 Å². The van der Waals surface area contributed by atoms with Crippen molar-refractivity contribution in [2.24, 2.45) is 5.92 Å². The van der Waals surface area contributed by atoms with Gasteiger partial charge in [-0.3, -0.25) is 4.98 Å². The van der Waals surface area contributed by atoms with Crippen molar-refractivity contribution in [2.45, 2.75) is 31.9 Å². The number of hydrogen-bond donors (Lipinski definition) is 2. The summed E-state index contributed by atoms with van der Waals surface area (Å²) in [6.45, 7) is 1.71. The Labute approximate surface area is 122 Å². The van der Waals surface area contributed by atoms with Crippen molar-refractivity contribution >= 4 is 11.3 Å². The zero-order chi connectivity index (χ0) is 13.8. The lowest BCUT2D eigenvalue weighted by Gasteiger charge is -2.14. The number of nitrogens with one attached hydrogen (secondary N) is 1. The van der Waals surface area contributed by atoms with Gasteiger partial charge in [-0.2, -0.15) is 0 Å². The van der Waals surface area contributed by atoms with E-state index in [0.29, 0.717) is 5.92 Å². The van der Waals surface area contributed by atoms with Gasteiger partial charge in [0, 0.05) is 42.1 Å². The van der Waals surface area contributed by atoms with E-state index >= 15 is 0 Å². The van der Waals surface area contributed by atoms with Gasteiger partial charge in [0.2, 0.25) is 0 Å². The van der Waals surface area contributed by atoms with Crippen molar-refractivity contribution in [2.75, 3.05) is 6.54 Å². The first-order chi connectivity index (χ1) is 9.83. The van der Waals surface area contributed by atoms with Gasteiger partial charge in [-0.1, -0.05) is 6.42 Å². The predicted molar refractivity (Wildman–Crippen MR) is 80.4 cm³/mol. The van der Waals surface area contributed by atoms with Crippen molar-refractivity contribution in [3.63, 3.8) is 0 Å². The minimum atomic E-state index is -0.116. The minimum absolute atomic E-state index is 0.116. The van der Waals surface area contributed by atoms with E-state index in [2.05, 4.69) is 15.3 Å². The molecule has 20 heavy (non-hydrogen) atoms. The molecule has 5 heteroatoms. The van der Waals surface area contributed by atoms with Gasteiger partial charge in [-0.05, 0) is 30.9 Å². The number of rotatable bonds is 5. The maximum atomic E-state index is 9.78. The fourth-order valence-electron chi connectivity index (χ4n) is 2.65. The van der Waals surface area contributed by atoms with Crippen LogP contribution in [-0.2, 0) is 6.54 Å². The molecular formula is C15H19N3OS. The fourth-order valence-corrected chi connectivity index (χ4v) is 3.52. The summed E-state index contributed by atoms with van der Waals surface area (Å²) in [6.07, 6.45) is 8.66. The molecule has 0 spiro atoms. The molecule has 0 saturated heterocycles. The molecule has 106 valence electrons. The molecule has 1 aliphatic rings. The third kappa shape index (κ3) is 3.23. The zero-order valence-electron chi connectivity index (χ0n) is 11.3. The molecule has 4 nitrogen and oxygen atoms in total. The number of aliphatic hydroxyl groups is 1. The van der Waals surface area contributed by atoms with Crippen LogP contribution in [0.1, 0.15) is 24.1 Å². The quantitative estimate of drug-likeness (QED) is 0.887. The van der Waals surface area contributed by atoms with E-state index in [-0.39, 0.29) is 6.10 Å². The molecule has 2 aromatic rings. The summed E-state index contributed by atoms with van der Waals surface area (Å²) >= 11 is 1.69. The maximum Gasteiger partial charge on any atom is 0.125 e. The summed E-state index contributed by atoms with van der Waals surface area (Å²) in [6, 6.07) is 3.95. The molecule has 0 amide bonds. The monoisotopic (exact) mass is 289 g/mol. The molecule has 2 heterocycles. The predicted octanol–water partition coefficient (Wildman–Crippen LogP) is 2.46. The van der Waals surface area contributed by atoms with E-state index in [9.17, 15) is 5.11 Å². The van der Waals surface area contributed by atoms with Crippen molar-refractivity contribution in [1.82, 2.24) is 15.3 Å². The van der Waals surface area contributed by atoms with Gasteiger partial charge in [-0.25, -0.2) is 4.98 Å². The standard InChI is InChI=1S/C15H19N3OS/c19-14-5-1-3-11(14)7-17-9-13-10-18-15(20-13)12-4-2-6-16-8-12/h2,4,6,8,10-11,14,17,19H,1,3,5,7,9H2/t11-,14-/m1/s1. The summed E-state index contributed by atoms with van der Waals surface area (Å²) in [5, 5.41) is 14.2. The van der Waals surface area contributed by atoms with Crippen LogP contribution in [0.3, 0.4) is 0 Å². The third-order valence-corrected chi connectivity index (χ3v) is 4.83. The van der Waals surface area contributed by atoms with Crippen molar-refractivity contribution < 1.29 is 5.11 Å². The molecule has 3 rings (SSSR count). The SMILES string of the molecule is O[C@@H]1CCC[C@@H]1CNCc1cnc(-c2cccnc2)s1. The Kier molecular flexibility index (Phi) is 4.40. The molecule has 0 bridgehead atoms. The van der Waals surface area contributed by atoms with E-state index in [1.807, 2.05) is 24.5 Å². The molecule has 2 atom stereocenters. The van der Waals surface area contributed by atoms with Gasteiger partial charge in [0.15, 0.2) is 0 Å². The fraction of sp³-hybridized carbons (Fsp3) is 0.467. The number of aromatic nitrogens is 2. The first-order valence-electron chi connectivity index (χ1n) is 7.07. The first kappa shape index (κ1) is 13.7. The van der Waals surface area contributed by atoms with Crippen molar-refractivity contribution in [1.29, 1.82) is 0 Å². The topological polar surface area (TPSA) is 58.0 Å². The van der Waals surface area contributed by atoms with Crippen LogP contribution in [0.2, 0.25) is 0 Å². The molecule has 1 aliphatic carbocycles. The van der Waals surface area contributed by atoms with Gasteiger partial charge in [0.1, 0.15) is 5.01 Å². The highest BCUT2D eigenvalue weighted by molar-refractivity contribution is 7.15. The molecule has 1 saturated carbocycles. The molecule has 0 unspecified atom stereocenters. The van der Waals surface area contributed by atoms with E-state index in [4.69, 9.17) is 0 Å². The van der Waals surface area contributed by atoms with Gasteiger partial charge in [0.05, 0.1) is 6.10 Å². The van der Waals surface area contributed by atoms with Crippen LogP contribution in [0, 0.1) is 5.92 Å². The first-order valence-corrected chi connectivity index (χ1v) is 7.88. The van der Waals surface area contributed by atoms with Crippen LogP contribution in [0.4, 0.5) is 0 Å². The largest absolute Gasteiger partial charge is 0.393 e. The summed E-state index contributed by atoms with van der Waals surface area (Å²) < 4.78 is 0. The second-order valence-corrected chi connectivity index (χ2v) is 6.38. The average molecular weight is 289 g/mol. The van der Waals surface area contributed by atoms with E-state index < -0.39 is 0 Å². The van der Waals surface area contributed by atoms with Crippen molar-refractivity contribution in [3.05, 3.63) is 35.6 Å². The number of nitrogens with zero attached hydrogens (tertiary/aromatic N) is 2. The van der Waals surface area contributed by atoms with Crippen LogP contribution in [0.15, 0.2) is 30.7 Å². The number of thiazole rings is 1. The summed E-state index contributed by atoms with van der Waals surface area (Å²) in [5.74, 6) is 0.417. The van der Waals surface area contributed by atoms with Gasteiger partial charge >= 0.3 is 0 Å². The molecule has 0 radical (unpaired) electrons. The lowest BCUT2D eigenvalue weighted by Crippen LogP contribution is -2.27. The Hall–Kier alpha value is -1.30.